The van der Waals surface area contributed by atoms with Crippen molar-refractivity contribution in [3.63, 3.8) is 0 Å². The molecule has 5 nitrogen and oxygen atoms in total. The second-order valence-electron chi connectivity index (χ2n) is 6.69. The summed E-state index contributed by atoms with van der Waals surface area (Å²) in [5.41, 5.74) is -0.173. The normalized spacial score (nSPS) is 30.1. The second-order valence-corrected chi connectivity index (χ2v) is 9.07. The summed E-state index contributed by atoms with van der Waals surface area (Å²) in [4.78, 5) is 2.43. The molecule has 2 fully saturated rings. The molecular formula is C16H23ClN2O3S. The molecule has 0 bridgehead atoms. The summed E-state index contributed by atoms with van der Waals surface area (Å²) in [6.07, 6.45) is 2.70. The number of rotatable bonds is 3. The minimum absolute atomic E-state index is 0.0592. The highest BCUT2D eigenvalue weighted by Crippen LogP contribution is 2.42. The smallest absolute Gasteiger partial charge is 0.243 e. The zero-order valence-electron chi connectivity index (χ0n) is 13.3. The quantitative estimate of drug-likeness (QED) is 0.895. The number of sulfonamides is 1. The molecule has 2 atom stereocenters. The van der Waals surface area contributed by atoms with Crippen molar-refractivity contribution in [3.05, 3.63) is 29.3 Å². The Labute approximate surface area is 142 Å². The summed E-state index contributed by atoms with van der Waals surface area (Å²) in [5, 5.41) is 10.3. The monoisotopic (exact) mass is 358 g/mol. The van der Waals surface area contributed by atoms with Crippen LogP contribution in [0.15, 0.2) is 29.2 Å². The van der Waals surface area contributed by atoms with Gasteiger partial charge in [-0.15, -0.1) is 0 Å². The first-order valence-electron chi connectivity index (χ1n) is 7.96. The molecule has 1 N–H and O–H groups in total. The number of hydrogen-bond donors (Lipinski definition) is 1. The second kappa shape index (κ2) is 6.33. The lowest BCUT2D eigenvalue weighted by Gasteiger charge is -2.53. The first-order valence-corrected chi connectivity index (χ1v) is 9.78. The standard InChI is InChI=1S/C16H23ClN2O3S/c1-18-8-3-6-16(12-20)7-9-19(11-15(16)18)23(21,22)14-5-2-4-13(17)10-14/h2,4-5,10,15,20H,3,6-9,11-12H2,1H3/t15-,16-/m1/s1. The lowest BCUT2D eigenvalue weighted by atomic mass is 9.69. The molecule has 0 aliphatic carbocycles. The zero-order chi connectivity index (χ0) is 16.7. The van der Waals surface area contributed by atoms with E-state index in [1.54, 1.807) is 22.5 Å². The van der Waals surface area contributed by atoms with Crippen molar-refractivity contribution in [2.45, 2.75) is 30.2 Å². The Morgan fingerprint density at radius 3 is 2.83 bits per heavy atom. The van der Waals surface area contributed by atoms with E-state index >= 15 is 0 Å². The van der Waals surface area contributed by atoms with E-state index in [9.17, 15) is 13.5 Å². The molecular weight excluding hydrogens is 336 g/mol. The number of piperidine rings is 2. The third-order valence-corrected chi connectivity index (χ3v) is 7.51. The van der Waals surface area contributed by atoms with Gasteiger partial charge in [0.25, 0.3) is 0 Å². The van der Waals surface area contributed by atoms with E-state index in [1.165, 1.54) is 6.07 Å². The first-order chi connectivity index (χ1) is 10.9. The SMILES string of the molecule is CN1CCC[C@]2(CO)CCN(S(=O)(=O)c3cccc(Cl)c3)C[C@@H]12. The van der Waals surface area contributed by atoms with Gasteiger partial charge in [0.1, 0.15) is 0 Å². The van der Waals surface area contributed by atoms with Gasteiger partial charge < -0.3 is 10.0 Å². The fraction of sp³-hybridized carbons (Fsp3) is 0.625. The van der Waals surface area contributed by atoms with E-state index in [4.69, 9.17) is 11.6 Å². The van der Waals surface area contributed by atoms with Crippen LogP contribution < -0.4 is 0 Å². The predicted molar refractivity (Wildman–Crippen MR) is 90.0 cm³/mol. The van der Waals surface area contributed by atoms with Crippen LogP contribution in [-0.4, -0.2) is 62.1 Å². The van der Waals surface area contributed by atoms with Gasteiger partial charge in [0.2, 0.25) is 10.0 Å². The Morgan fingerprint density at radius 1 is 1.35 bits per heavy atom. The summed E-state index contributed by atoms with van der Waals surface area (Å²) >= 11 is 5.94. The van der Waals surface area contributed by atoms with E-state index < -0.39 is 10.0 Å². The molecule has 0 amide bonds. The molecule has 7 heteroatoms. The van der Waals surface area contributed by atoms with Crippen molar-refractivity contribution in [1.82, 2.24) is 9.21 Å². The summed E-state index contributed by atoms with van der Waals surface area (Å²) in [7, 11) is -1.54. The summed E-state index contributed by atoms with van der Waals surface area (Å²) in [6, 6.07) is 6.46. The van der Waals surface area contributed by atoms with Gasteiger partial charge in [-0.1, -0.05) is 17.7 Å². The van der Waals surface area contributed by atoms with Crippen LogP contribution >= 0.6 is 11.6 Å². The van der Waals surface area contributed by atoms with E-state index in [0.717, 1.165) is 19.4 Å². The highest BCUT2D eigenvalue weighted by atomic mass is 35.5. The fourth-order valence-electron chi connectivity index (χ4n) is 3.98. The lowest BCUT2D eigenvalue weighted by Crippen LogP contribution is -2.62. The van der Waals surface area contributed by atoms with Gasteiger partial charge in [-0.3, -0.25) is 0 Å². The van der Waals surface area contributed by atoms with Gasteiger partial charge in [0.05, 0.1) is 11.5 Å². The zero-order valence-corrected chi connectivity index (χ0v) is 14.9. The average Bonchev–Trinajstić information content (AvgIpc) is 2.54. The lowest BCUT2D eigenvalue weighted by molar-refractivity contribution is -0.0508. The number of aliphatic hydroxyl groups excluding tert-OH is 1. The molecule has 23 heavy (non-hydrogen) atoms. The number of likely N-dealkylation sites (N-methyl/N-ethyl adjacent to an activating group) is 1. The maximum atomic E-state index is 12.9. The van der Waals surface area contributed by atoms with Crippen molar-refractivity contribution in [1.29, 1.82) is 0 Å². The van der Waals surface area contributed by atoms with Gasteiger partial charge >= 0.3 is 0 Å². The van der Waals surface area contributed by atoms with E-state index in [-0.39, 0.29) is 23.0 Å². The van der Waals surface area contributed by atoms with Gasteiger partial charge in [-0.05, 0) is 51.1 Å². The number of hydrogen-bond acceptors (Lipinski definition) is 4. The number of nitrogens with zero attached hydrogens (tertiary/aromatic N) is 2. The topological polar surface area (TPSA) is 60.9 Å². The molecule has 0 spiro atoms. The summed E-state index contributed by atoms with van der Waals surface area (Å²) in [6.45, 7) is 1.93. The Morgan fingerprint density at radius 2 is 2.13 bits per heavy atom. The molecule has 0 unspecified atom stereocenters. The number of halogens is 1. The number of fused-ring (bicyclic) bond motifs is 1. The van der Waals surface area contributed by atoms with Crippen LogP contribution in [0.3, 0.4) is 0 Å². The first kappa shape index (κ1) is 17.2. The molecule has 1 aromatic rings. The number of benzene rings is 1. The third kappa shape index (κ3) is 3.03. The minimum atomic E-state index is -3.55. The van der Waals surface area contributed by atoms with Gasteiger partial charge in [0.15, 0.2) is 0 Å². The van der Waals surface area contributed by atoms with Gasteiger partial charge in [-0.2, -0.15) is 4.31 Å². The Hall–Kier alpha value is -0.660. The molecule has 0 radical (unpaired) electrons. The highest BCUT2D eigenvalue weighted by molar-refractivity contribution is 7.89. The van der Waals surface area contributed by atoms with Crippen LogP contribution in [-0.2, 0) is 10.0 Å². The van der Waals surface area contributed by atoms with Crippen LogP contribution in [0.5, 0.6) is 0 Å². The van der Waals surface area contributed by atoms with Gasteiger partial charge in [0, 0.05) is 29.6 Å². The van der Waals surface area contributed by atoms with Crippen molar-refractivity contribution < 1.29 is 13.5 Å². The molecule has 128 valence electrons. The van der Waals surface area contributed by atoms with Crippen molar-refractivity contribution in [2.75, 3.05) is 33.3 Å². The molecule has 3 rings (SSSR count). The molecule has 1 aromatic carbocycles. The van der Waals surface area contributed by atoms with Crippen LogP contribution in [0.2, 0.25) is 5.02 Å². The summed E-state index contributed by atoms with van der Waals surface area (Å²) in [5.74, 6) is 0. The molecule has 2 heterocycles. The average molecular weight is 359 g/mol. The van der Waals surface area contributed by atoms with Crippen molar-refractivity contribution in [3.8, 4) is 0 Å². The van der Waals surface area contributed by atoms with E-state index in [0.29, 0.717) is 24.5 Å². The van der Waals surface area contributed by atoms with Crippen LogP contribution in [0.4, 0.5) is 0 Å². The Kier molecular flexibility index (Phi) is 4.73. The Bertz CT molecular complexity index is 682. The fourth-order valence-corrected chi connectivity index (χ4v) is 5.73. The minimum Gasteiger partial charge on any atom is -0.396 e. The van der Waals surface area contributed by atoms with E-state index in [2.05, 4.69) is 4.90 Å². The maximum absolute atomic E-state index is 12.9. The Balaban J connectivity index is 1.88. The largest absolute Gasteiger partial charge is 0.396 e. The van der Waals surface area contributed by atoms with Crippen LogP contribution in [0.25, 0.3) is 0 Å². The van der Waals surface area contributed by atoms with E-state index in [1.807, 2.05) is 7.05 Å². The van der Waals surface area contributed by atoms with Crippen LogP contribution in [0.1, 0.15) is 19.3 Å². The number of likely N-dealkylation sites (tertiary alicyclic amines) is 1. The molecule has 0 aromatic heterocycles. The predicted octanol–water partition coefficient (Wildman–Crippen LogP) is 1.81. The summed E-state index contributed by atoms with van der Waals surface area (Å²) < 4.78 is 27.3. The van der Waals surface area contributed by atoms with Crippen molar-refractivity contribution in [2.24, 2.45) is 5.41 Å². The van der Waals surface area contributed by atoms with Gasteiger partial charge in [-0.25, -0.2) is 8.42 Å². The number of aliphatic hydroxyl groups is 1. The molecule has 2 saturated heterocycles. The maximum Gasteiger partial charge on any atom is 0.243 e. The third-order valence-electron chi connectivity index (χ3n) is 5.41. The molecule has 2 aliphatic rings. The molecule has 0 saturated carbocycles. The van der Waals surface area contributed by atoms with Crippen molar-refractivity contribution >= 4 is 21.6 Å². The van der Waals surface area contributed by atoms with Crippen LogP contribution in [0, 0.1) is 5.41 Å². The molecule has 2 aliphatic heterocycles. The highest BCUT2D eigenvalue weighted by Gasteiger charge is 2.48.